The summed E-state index contributed by atoms with van der Waals surface area (Å²) in [6, 6.07) is 9.54. The molecule has 1 aliphatic heterocycles. The number of hydrogen-bond acceptors (Lipinski definition) is 8. The molecule has 1 aliphatic rings. The maximum Gasteiger partial charge on any atom is 0.303 e. The Kier molecular flexibility index (Phi) is 8.46. The number of aryl methyl sites for hydroxylation is 1. The molecular formula is C26H25ClF2N4O6. The van der Waals surface area contributed by atoms with Crippen molar-refractivity contribution in [3.8, 4) is 11.5 Å². The lowest BCUT2D eigenvalue weighted by atomic mass is 9.98. The predicted octanol–water partition coefficient (Wildman–Crippen LogP) is 5.12. The Bertz CT molecular complexity index is 1400. The second-order valence-corrected chi connectivity index (χ2v) is 8.95. The van der Waals surface area contributed by atoms with E-state index < -0.39 is 36.3 Å². The van der Waals surface area contributed by atoms with Crippen molar-refractivity contribution in [2.24, 2.45) is 0 Å². The van der Waals surface area contributed by atoms with Gasteiger partial charge >= 0.3 is 5.97 Å². The van der Waals surface area contributed by atoms with Crippen molar-refractivity contribution < 1.29 is 37.3 Å². The molecule has 0 saturated heterocycles. The van der Waals surface area contributed by atoms with E-state index in [9.17, 15) is 13.6 Å². The van der Waals surface area contributed by atoms with Gasteiger partial charge in [-0.2, -0.15) is 0 Å². The van der Waals surface area contributed by atoms with E-state index in [1.807, 2.05) is 0 Å². The highest BCUT2D eigenvalue weighted by Gasteiger charge is 2.40. The van der Waals surface area contributed by atoms with E-state index in [1.54, 1.807) is 18.2 Å². The number of hydrogen-bond donors (Lipinski definition) is 3. The minimum absolute atomic E-state index is 0.0982. The molecule has 0 bridgehead atoms. The Hall–Kier alpha value is -4.03. The summed E-state index contributed by atoms with van der Waals surface area (Å²) in [6.45, 7) is 0. The van der Waals surface area contributed by atoms with Crippen molar-refractivity contribution in [1.82, 2.24) is 4.98 Å². The number of benzene rings is 2. The monoisotopic (exact) mass is 562 g/mol. The summed E-state index contributed by atoms with van der Waals surface area (Å²) in [5.74, 6) is -1.44. The van der Waals surface area contributed by atoms with Crippen molar-refractivity contribution in [2.45, 2.75) is 37.9 Å². The van der Waals surface area contributed by atoms with Crippen LogP contribution in [0.15, 0.2) is 47.0 Å². The number of carboxylic acids is 1. The first kappa shape index (κ1) is 28.0. The third-order valence-corrected chi connectivity index (χ3v) is 6.30. The molecule has 0 aliphatic carbocycles. The molecule has 13 heteroatoms. The average Bonchev–Trinajstić information content (AvgIpc) is 3.32. The van der Waals surface area contributed by atoms with Crippen LogP contribution in [0.25, 0.3) is 0 Å². The molecule has 10 nitrogen and oxygen atoms in total. The van der Waals surface area contributed by atoms with Crippen LogP contribution >= 0.6 is 11.6 Å². The van der Waals surface area contributed by atoms with E-state index >= 15 is 0 Å². The molecule has 0 radical (unpaired) electrons. The van der Waals surface area contributed by atoms with Crippen molar-refractivity contribution in [1.29, 1.82) is 10.8 Å². The smallest absolute Gasteiger partial charge is 0.303 e. The molecular weight excluding hydrogens is 538 g/mol. The van der Waals surface area contributed by atoms with Crippen LogP contribution < -0.4 is 14.4 Å². The van der Waals surface area contributed by atoms with Gasteiger partial charge in [-0.3, -0.25) is 20.5 Å². The molecule has 206 valence electrons. The number of fused-ring (bicyclic) bond motifs is 1. The quantitative estimate of drug-likeness (QED) is 0.241. The van der Waals surface area contributed by atoms with Gasteiger partial charge < -0.3 is 23.7 Å². The minimum atomic E-state index is -3.19. The van der Waals surface area contributed by atoms with Crippen LogP contribution in [0.5, 0.6) is 11.5 Å². The fraction of sp³-hybridized carbons (Fsp3) is 0.308. The van der Waals surface area contributed by atoms with Crippen LogP contribution in [0.4, 0.5) is 14.5 Å². The SMILES string of the molecule is COc1cccc([C@H]2O[C@H](Cc3ncc(CCC(=O)O)o3)C(=N)N(C(=N)C(F)F)c3ccc(Cl)cc32)c1OC. The summed E-state index contributed by atoms with van der Waals surface area (Å²) in [5, 5.41) is 26.2. The van der Waals surface area contributed by atoms with Crippen LogP contribution in [0.2, 0.25) is 5.02 Å². The number of aromatic nitrogens is 1. The summed E-state index contributed by atoms with van der Waals surface area (Å²) in [5.41, 5.74) is 0.904. The van der Waals surface area contributed by atoms with Crippen LogP contribution in [-0.4, -0.2) is 54.5 Å². The van der Waals surface area contributed by atoms with Crippen LogP contribution in [0.1, 0.15) is 35.3 Å². The second-order valence-electron chi connectivity index (χ2n) is 8.52. The molecule has 2 aromatic carbocycles. The van der Waals surface area contributed by atoms with Crippen LogP contribution in [0.3, 0.4) is 0 Å². The number of methoxy groups -OCH3 is 2. The topological polar surface area (TPSA) is 142 Å². The van der Waals surface area contributed by atoms with Gasteiger partial charge in [-0.25, -0.2) is 13.8 Å². The summed E-state index contributed by atoms with van der Waals surface area (Å²) in [4.78, 5) is 15.9. The lowest BCUT2D eigenvalue weighted by molar-refractivity contribution is -0.137. The van der Waals surface area contributed by atoms with Crippen LogP contribution in [-0.2, 0) is 22.4 Å². The maximum atomic E-state index is 13.9. The van der Waals surface area contributed by atoms with Crippen molar-refractivity contribution in [3.05, 3.63) is 70.4 Å². The number of oxazole rings is 1. The number of ether oxygens (including phenoxy) is 3. The Morgan fingerprint density at radius 2 is 2.00 bits per heavy atom. The van der Waals surface area contributed by atoms with Crippen LogP contribution in [0, 0.1) is 10.8 Å². The number of nitrogens with one attached hydrogen (secondary N) is 2. The minimum Gasteiger partial charge on any atom is -0.493 e. The van der Waals surface area contributed by atoms with E-state index in [4.69, 9.17) is 46.2 Å². The number of amidine groups is 2. The van der Waals surface area contributed by atoms with Gasteiger partial charge in [0.25, 0.3) is 6.43 Å². The first-order valence-corrected chi connectivity index (χ1v) is 12.1. The number of rotatable bonds is 9. The zero-order valence-corrected chi connectivity index (χ0v) is 21.7. The van der Waals surface area contributed by atoms with Crippen molar-refractivity contribution in [2.75, 3.05) is 19.1 Å². The van der Waals surface area contributed by atoms with Crippen molar-refractivity contribution in [3.63, 3.8) is 0 Å². The van der Waals surface area contributed by atoms with Gasteiger partial charge in [-0.15, -0.1) is 0 Å². The molecule has 0 unspecified atom stereocenters. The van der Waals surface area contributed by atoms with E-state index in [-0.39, 0.29) is 35.9 Å². The number of para-hydroxylation sites is 1. The fourth-order valence-electron chi connectivity index (χ4n) is 4.32. The molecule has 39 heavy (non-hydrogen) atoms. The zero-order chi connectivity index (χ0) is 28.3. The Labute approximate surface area is 227 Å². The largest absolute Gasteiger partial charge is 0.493 e. The Balaban J connectivity index is 1.84. The molecule has 3 aromatic rings. The average molecular weight is 563 g/mol. The summed E-state index contributed by atoms with van der Waals surface area (Å²) in [6.07, 6.45) is -4.27. The number of halogens is 3. The predicted molar refractivity (Wildman–Crippen MR) is 138 cm³/mol. The molecule has 0 amide bonds. The van der Waals surface area contributed by atoms with Gasteiger partial charge in [0.1, 0.15) is 23.8 Å². The number of alkyl halides is 2. The highest BCUT2D eigenvalue weighted by atomic mass is 35.5. The normalized spacial score (nSPS) is 17.1. The standard InChI is InChI=1S/C26H25ClF2N4O6/c1-36-18-5-3-4-15(23(18)37-2)22-16-10-13(27)6-8-17(16)33(26(31)24(28)29)25(30)19(39-22)11-20-32-12-14(38-20)7-9-21(34)35/h3-6,8,10,12,19,22,24,30-31H,7,9,11H2,1-2H3,(H,34,35)/t19-,22-/m1/s1. The molecule has 0 saturated carbocycles. The Morgan fingerprint density at radius 1 is 1.23 bits per heavy atom. The van der Waals surface area contributed by atoms with Gasteiger partial charge in [-0.1, -0.05) is 23.7 Å². The van der Waals surface area contributed by atoms with Crippen molar-refractivity contribution >= 4 is 34.9 Å². The molecule has 0 fully saturated rings. The molecule has 4 rings (SSSR count). The zero-order valence-electron chi connectivity index (χ0n) is 20.9. The Morgan fingerprint density at radius 3 is 2.67 bits per heavy atom. The number of carboxylic acid groups (broad SMARTS) is 1. The number of nitrogens with zero attached hydrogens (tertiary/aromatic N) is 2. The third-order valence-electron chi connectivity index (χ3n) is 6.07. The van der Waals surface area contributed by atoms with E-state index in [0.717, 1.165) is 4.90 Å². The summed E-state index contributed by atoms with van der Waals surface area (Å²) >= 11 is 6.31. The molecule has 1 aromatic heterocycles. The summed E-state index contributed by atoms with van der Waals surface area (Å²) in [7, 11) is 2.91. The number of carbonyl (C=O) groups is 1. The van der Waals surface area contributed by atoms with Gasteiger partial charge in [-0.05, 0) is 24.3 Å². The maximum absolute atomic E-state index is 13.9. The molecule has 2 atom stereocenters. The first-order chi connectivity index (χ1) is 18.6. The highest BCUT2D eigenvalue weighted by Crippen LogP contribution is 2.45. The first-order valence-electron chi connectivity index (χ1n) is 11.7. The lowest BCUT2D eigenvalue weighted by Gasteiger charge is -2.27. The van der Waals surface area contributed by atoms with Gasteiger partial charge in [0.15, 0.2) is 23.2 Å². The number of anilines is 1. The molecule has 3 N–H and O–H groups in total. The molecule has 0 spiro atoms. The highest BCUT2D eigenvalue weighted by molar-refractivity contribution is 6.31. The van der Waals surface area contributed by atoms with E-state index in [1.165, 1.54) is 38.6 Å². The van der Waals surface area contributed by atoms with Gasteiger partial charge in [0, 0.05) is 22.6 Å². The van der Waals surface area contributed by atoms with Gasteiger partial charge in [0.05, 0.1) is 38.9 Å². The fourth-order valence-corrected chi connectivity index (χ4v) is 4.50. The van der Waals surface area contributed by atoms with Gasteiger partial charge in [0.2, 0.25) is 0 Å². The lowest BCUT2D eigenvalue weighted by Crippen LogP contribution is -2.46. The number of aliphatic carboxylic acids is 1. The summed E-state index contributed by atoms with van der Waals surface area (Å²) < 4.78 is 50.9. The molecule has 2 heterocycles. The van der Waals surface area contributed by atoms with E-state index in [0.29, 0.717) is 28.4 Å². The van der Waals surface area contributed by atoms with E-state index in [2.05, 4.69) is 4.98 Å². The second kappa shape index (κ2) is 11.8. The third kappa shape index (κ3) is 5.86.